The molecule has 2 atom stereocenters. The maximum Gasteiger partial charge on any atom is 0.271 e. The highest BCUT2D eigenvalue weighted by atomic mass is 16.2. The van der Waals surface area contributed by atoms with E-state index in [-0.39, 0.29) is 29.1 Å². The molecule has 3 heterocycles. The van der Waals surface area contributed by atoms with E-state index in [1.165, 1.54) is 62.7 Å². The standard InChI is InChI=1S/C38H49N7O2/c1-25-32(42-37(47)28-13-11-27(12-14-28)26-9-10-26)8-5-21-45(25)33-24-40-34(35(39)46)36(43-33)41-30-17-15-29(16-18-30)38(2)19-22-44(23-20-38)31-6-3-4-7-31/h11-18,24-26,31-32H,3-10,19-23H2,1-2H3,(H2,39,46)(H,41,43)(H,42,47)/t25-,32-/m1/s1. The van der Waals surface area contributed by atoms with E-state index in [0.717, 1.165) is 44.0 Å². The number of benzene rings is 2. The SMILES string of the molecule is C[C@@H]1[C@H](NC(=O)c2ccc(C3CC3)cc2)CCCN1c1cnc(C(N)=O)c(Nc2ccc(C3(C)CCN(C4CCCC4)CC3)cc2)n1. The molecule has 4 aliphatic rings. The molecule has 9 heteroatoms. The molecule has 7 rings (SSSR count). The Labute approximate surface area is 278 Å². The number of likely N-dealkylation sites (tertiary alicyclic amines) is 1. The number of carbonyl (C=O) groups excluding carboxylic acids is 2. The molecule has 248 valence electrons. The Hall–Kier alpha value is -3.98. The van der Waals surface area contributed by atoms with Gasteiger partial charge in [-0.3, -0.25) is 9.59 Å². The van der Waals surface area contributed by atoms with Gasteiger partial charge in [0.2, 0.25) is 0 Å². The Balaban J connectivity index is 1.02. The molecule has 2 saturated carbocycles. The molecule has 0 radical (unpaired) electrons. The van der Waals surface area contributed by atoms with Crippen molar-refractivity contribution in [3.8, 4) is 0 Å². The zero-order valence-electron chi connectivity index (χ0n) is 27.9. The smallest absolute Gasteiger partial charge is 0.271 e. The van der Waals surface area contributed by atoms with Crippen LogP contribution in [0.25, 0.3) is 0 Å². The van der Waals surface area contributed by atoms with Crippen molar-refractivity contribution in [2.45, 2.75) is 108 Å². The normalized spacial score (nSPS) is 23.4. The summed E-state index contributed by atoms with van der Waals surface area (Å²) in [7, 11) is 0. The van der Waals surface area contributed by atoms with Gasteiger partial charge in [-0.15, -0.1) is 0 Å². The van der Waals surface area contributed by atoms with Crippen LogP contribution in [0, 0.1) is 0 Å². The van der Waals surface area contributed by atoms with E-state index in [1.807, 2.05) is 12.1 Å². The van der Waals surface area contributed by atoms with E-state index in [2.05, 4.69) is 75.7 Å². The largest absolute Gasteiger partial charge is 0.364 e. The van der Waals surface area contributed by atoms with Gasteiger partial charge < -0.3 is 26.2 Å². The first-order valence-corrected chi connectivity index (χ1v) is 17.7. The summed E-state index contributed by atoms with van der Waals surface area (Å²) in [6, 6.07) is 17.3. The highest BCUT2D eigenvalue weighted by molar-refractivity contribution is 5.96. The van der Waals surface area contributed by atoms with E-state index in [1.54, 1.807) is 6.20 Å². The summed E-state index contributed by atoms with van der Waals surface area (Å²) < 4.78 is 0. The number of nitrogens with zero attached hydrogens (tertiary/aromatic N) is 4. The summed E-state index contributed by atoms with van der Waals surface area (Å²) in [6.07, 6.45) is 13.7. The third-order valence-electron chi connectivity index (χ3n) is 11.4. The lowest BCUT2D eigenvalue weighted by Crippen LogP contribution is -2.54. The molecule has 2 aromatic carbocycles. The van der Waals surface area contributed by atoms with Crippen LogP contribution in [-0.2, 0) is 5.41 Å². The van der Waals surface area contributed by atoms with Gasteiger partial charge in [0.05, 0.1) is 6.20 Å². The third-order valence-corrected chi connectivity index (χ3v) is 11.4. The van der Waals surface area contributed by atoms with E-state index in [0.29, 0.717) is 23.1 Å². The Kier molecular flexibility index (Phi) is 8.92. The predicted octanol–water partition coefficient (Wildman–Crippen LogP) is 6.28. The van der Waals surface area contributed by atoms with Crippen molar-refractivity contribution in [2.75, 3.05) is 29.9 Å². The van der Waals surface area contributed by atoms with Crippen molar-refractivity contribution in [1.29, 1.82) is 0 Å². The molecule has 2 aliphatic carbocycles. The molecule has 2 aliphatic heterocycles. The molecule has 47 heavy (non-hydrogen) atoms. The van der Waals surface area contributed by atoms with Gasteiger partial charge in [0, 0.05) is 35.9 Å². The van der Waals surface area contributed by atoms with Crippen molar-refractivity contribution in [3.05, 3.63) is 77.1 Å². The number of hydrogen-bond donors (Lipinski definition) is 3. The molecule has 4 fully saturated rings. The minimum absolute atomic E-state index is 0.0138. The molecule has 1 aromatic heterocycles. The van der Waals surface area contributed by atoms with Gasteiger partial charge in [-0.1, -0.05) is 44.0 Å². The van der Waals surface area contributed by atoms with Crippen LogP contribution in [0.15, 0.2) is 54.7 Å². The Bertz CT molecular complexity index is 1570. The Morgan fingerprint density at radius 3 is 2.26 bits per heavy atom. The fourth-order valence-electron chi connectivity index (χ4n) is 8.05. The highest BCUT2D eigenvalue weighted by Gasteiger charge is 2.35. The zero-order chi connectivity index (χ0) is 32.5. The first-order chi connectivity index (χ1) is 22.8. The fourth-order valence-corrected chi connectivity index (χ4v) is 8.05. The molecular weight excluding hydrogens is 586 g/mol. The van der Waals surface area contributed by atoms with Crippen molar-refractivity contribution in [2.24, 2.45) is 5.73 Å². The number of piperidine rings is 2. The highest BCUT2D eigenvalue weighted by Crippen LogP contribution is 2.40. The average molecular weight is 636 g/mol. The van der Waals surface area contributed by atoms with Crippen LogP contribution >= 0.6 is 0 Å². The average Bonchev–Trinajstić information content (AvgIpc) is 3.79. The maximum absolute atomic E-state index is 13.2. The number of hydrogen-bond acceptors (Lipinski definition) is 7. The fraction of sp³-hybridized carbons (Fsp3) is 0.526. The monoisotopic (exact) mass is 635 g/mol. The van der Waals surface area contributed by atoms with Crippen molar-refractivity contribution >= 4 is 29.1 Å². The number of anilines is 3. The molecule has 4 N–H and O–H groups in total. The summed E-state index contributed by atoms with van der Waals surface area (Å²) in [5.74, 6) is 0.968. The minimum atomic E-state index is -0.630. The summed E-state index contributed by atoms with van der Waals surface area (Å²) in [6.45, 7) is 7.60. The van der Waals surface area contributed by atoms with E-state index >= 15 is 0 Å². The minimum Gasteiger partial charge on any atom is -0.364 e. The molecule has 0 unspecified atom stereocenters. The van der Waals surface area contributed by atoms with Gasteiger partial charge in [0.25, 0.3) is 11.8 Å². The first-order valence-electron chi connectivity index (χ1n) is 17.7. The Morgan fingerprint density at radius 2 is 1.60 bits per heavy atom. The topological polar surface area (TPSA) is 116 Å². The number of nitrogens with two attached hydrogens (primary N) is 1. The Morgan fingerprint density at radius 1 is 0.894 bits per heavy atom. The second-order valence-corrected chi connectivity index (χ2v) is 14.6. The van der Waals surface area contributed by atoms with Gasteiger partial charge >= 0.3 is 0 Å². The molecule has 2 saturated heterocycles. The lowest BCUT2D eigenvalue weighted by atomic mass is 9.74. The second kappa shape index (κ2) is 13.3. The van der Waals surface area contributed by atoms with Gasteiger partial charge in [0.15, 0.2) is 11.5 Å². The summed E-state index contributed by atoms with van der Waals surface area (Å²) in [4.78, 5) is 39.7. The number of aromatic nitrogens is 2. The van der Waals surface area contributed by atoms with Crippen LogP contribution in [0.2, 0.25) is 0 Å². The molecule has 0 spiro atoms. The van der Waals surface area contributed by atoms with Crippen LogP contribution in [0.1, 0.15) is 116 Å². The number of primary amides is 1. The zero-order valence-corrected chi connectivity index (χ0v) is 27.9. The number of nitrogens with one attached hydrogen (secondary N) is 2. The molecule has 2 amide bonds. The van der Waals surface area contributed by atoms with Crippen LogP contribution in [-0.4, -0.2) is 64.4 Å². The number of amides is 2. The lowest BCUT2D eigenvalue weighted by Gasteiger charge is -2.42. The van der Waals surface area contributed by atoms with E-state index in [9.17, 15) is 9.59 Å². The van der Waals surface area contributed by atoms with Crippen molar-refractivity contribution < 1.29 is 9.59 Å². The van der Waals surface area contributed by atoms with Crippen LogP contribution < -0.4 is 21.3 Å². The molecule has 3 aromatic rings. The van der Waals surface area contributed by atoms with E-state index in [4.69, 9.17) is 10.7 Å². The molecular formula is C38H49N7O2. The first kappa shape index (κ1) is 31.6. The van der Waals surface area contributed by atoms with Crippen molar-refractivity contribution in [3.63, 3.8) is 0 Å². The third kappa shape index (κ3) is 6.86. The lowest BCUT2D eigenvalue weighted by molar-refractivity contribution is 0.0923. The number of carbonyl (C=O) groups is 2. The quantitative estimate of drug-likeness (QED) is 0.253. The summed E-state index contributed by atoms with van der Waals surface area (Å²) in [5.41, 5.74) is 10.2. The van der Waals surface area contributed by atoms with Gasteiger partial charge in [-0.25, -0.2) is 9.97 Å². The van der Waals surface area contributed by atoms with Gasteiger partial charge in [-0.2, -0.15) is 0 Å². The van der Waals surface area contributed by atoms with Gasteiger partial charge in [0.1, 0.15) is 5.82 Å². The van der Waals surface area contributed by atoms with Gasteiger partial charge in [-0.05, 0) is 118 Å². The van der Waals surface area contributed by atoms with E-state index < -0.39 is 5.91 Å². The molecule has 9 nitrogen and oxygen atoms in total. The molecule has 0 bridgehead atoms. The van der Waals surface area contributed by atoms with Crippen LogP contribution in [0.5, 0.6) is 0 Å². The summed E-state index contributed by atoms with van der Waals surface area (Å²) >= 11 is 0. The number of rotatable bonds is 9. The maximum atomic E-state index is 13.2. The van der Waals surface area contributed by atoms with Crippen LogP contribution in [0.3, 0.4) is 0 Å². The van der Waals surface area contributed by atoms with Crippen LogP contribution in [0.4, 0.5) is 17.3 Å². The predicted molar refractivity (Wildman–Crippen MR) is 186 cm³/mol. The second-order valence-electron chi connectivity index (χ2n) is 14.6. The van der Waals surface area contributed by atoms with Crippen molar-refractivity contribution in [1.82, 2.24) is 20.2 Å². The summed E-state index contributed by atoms with van der Waals surface area (Å²) in [5, 5.41) is 6.60.